The van der Waals surface area contributed by atoms with E-state index < -0.39 is 24.1 Å². The smallest absolute Gasteiger partial charge is 0.411 e. The highest BCUT2D eigenvalue weighted by molar-refractivity contribution is 5.93. The highest BCUT2D eigenvalue weighted by Crippen LogP contribution is 2.35. The number of H-pyrrole nitrogens is 1. The summed E-state index contributed by atoms with van der Waals surface area (Å²) in [5.41, 5.74) is 5.73. The van der Waals surface area contributed by atoms with E-state index in [-0.39, 0.29) is 5.91 Å². The Morgan fingerprint density at radius 1 is 1.04 bits per heavy atom. The largest absolute Gasteiger partial charge is 0.467 e. The third kappa shape index (κ3) is 7.34. The summed E-state index contributed by atoms with van der Waals surface area (Å²) < 4.78 is 11.4. The van der Waals surface area contributed by atoms with Crippen LogP contribution in [0.3, 0.4) is 0 Å². The summed E-state index contributed by atoms with van der Waals surface area (Å²) in [4.78, 5) is 46.1. The minimum absolute atomic E-state index is 0.292. The van der Waals surface area contributed by atoms with E-state index in [1.807, 2.05) is 32.0 Å². The first-order valence-electron chi connectivity index (χ1n) is 14.5. The topological polar surface area (TPSA) is 178 Å². The van der Waals surface area contributed by atoms with Crippen LogP contribution in [-0.4, -0.2) is 68.4 Å². The van der Waals surface area contributed by atoms with Crippen molar-refractivity contribution in [1.82, 2.24) is 35.5 Å². The summed E-state index contributed by atoms with van der Waals surface area (Å²) in [5.74, 6) is -0.0853. The lowest BCUT2D eigenvalue weighted by Gasteiger charge is -2.22. The Kier molecular flexibility index (Phi) is 9.51. The Hall–Kier alpha value is -5.53. The van der Waals surface area contributed by atoms with E-state index in [1.54, 1.807) is 29.0 Å². The van der Waals surface area contributed by atoms with Crippen molar-refractivity contribution in [3.8, 4) is 16.9 Å². The number of aromatic nitrogens is 6. The minimum Gasteiger partial charge on any atom is -0.467 e. The number of carbonyl (C=O) groups excluding carboxylic acids is 3. The average molecular weight is 614 g/mol. The second-order valence-electron chi connectivity index (χ2n) is 10.7. The number of hydrogen-bond donors (Lipinski definition) is 4. The number of rotatable bonds is 6. The lowest BCUT2D eigenvalue weighted by molar-refractivity contribution is -0.141. The number of carbonyl (C=O) groups is 3. The van der Waals surface area contributed by atoms with Gasteiger partial charge in [-0.25, -0.2) is 14.6 Å². The number of anilines is 2. The summed E-state index contributed by atoms with van der Waals surface area (Å²) in [7, 11) is 2.63. The fourth-order valence-electron chi connectivity index (χ4n) is 5.25. The van der Waals surface area contributed by atoms with Crippen LogP contribution < -0.4 is 16.0 Å². The Bertz CT molecular complexity index is 1710. The van der Waals surface area contributed by atoms with Gasteiger partial charge in [0.2, 0.25) is 5.91 Å². The number of fused-ring (bicyclic) bond motifs is 4. The molecule has 45 heavy (non-hydrogen) atoms. The maximum absolute atomic E-state index is 13.3. The molecule has 2 amide bonds. The molecule has 2 atom stereocenters. The molecule has 2 bridgehead atoms. The van der Waals surface area contributed by atoms with Gasteiger partial charge in [-0.3, -0.25) is 10.1 Å². The molecule has 0 radical (unpaired) electrons. The van der Waals surface area contributed by atoms with Crippen LogP contribution in [0.5, 0.6) is 0 Å². The van der Waals surface area contributed by atoms with Crippen molar-refractivity contribution in [2.45, 2.75) is 51.6 Å². The molecular weight excluding hydrogens is 578 g/mol. The lowest BCUT2D eigenvalue weighted by atomic mass is 10.0. The molecule has 5 rings (SSSR count). The number of amides is 2. The number of ether oxygens (including phenoxy) is 2. The van der Waals surface area contributed by atoms with Crippen molar-refractivity contribution in [3.63, 3.8) is 0 Å². The fraction of sp³-hybridized carbons (Fsp3) is 0.323. The zero-order chi connectivity index (χ0) is 31.9. The van der Waals surface area contributed by atoms with Crippen molar-refractivity contribution in [2.24, 2.45) is 0 Å². The molecule has 14 nitrogen and oxygen atoms in total. The summed E-state index contributed by atoms with van der Waals surface area (Å²) in [6, 6.07) is 10.00. The highest BCUT2D eigenvalue weighted by atomic mass is 16.5. The molecule has 0 unspecified atom stereocenters. The van der Waals surface area contributed by atoms with Gasteiger partial charge in [0.15, 0.2) is 0 Å². The molecule has 0 fully saturated rings. The molecule has 2 aromatic heterocycles. The number of esters is 1. The van der Waals surface area contributed by atoms with Crippen molar-refractivity contribution < 1.29 is 23.9 Å². The second kappa shape index (κ2) is 13.8. The maximum Gasteiger partial charge on any atom is 0.411 e. The van der Waals surface area contributed by atoms with Gasteiger partial charge in [-0.15, -0.1) is 5.10 Å². The van der Waals surface area contributed by atoms with Gasteiger partial charge >= 0.3 is 12.1 Å². The van der Waals surface area contributed by atoms with Crippen LogP contribution in [0.1, 0.15) is 54.4 Å². The molecule has 2 aromatic carbocycles. The molecule has 0 saturated carbocycles. The number of aromatic amines is 1. The molecule has 3 heterocycles. The zero-order valence-corrected chi connectivity index (χ0v) is 25.5. The molecule has 4 aromatic rings. The molecule has 1 aliphatic rings. The van der Waals surface area contributed by atoms with Crippen molar-refractivity contribution >= 4 is 35.4 Å². The summed E-state index contributed by atoms with van der Waals surface area (Å²) in [6.45, 7) is 3.86. The van der Waals surface area contributed by atoms with Gasteiger partial charge in [-0.1, -0.05) is 24.5 Å². The lowest BCUT2D eigenvalue weighted by Crippen LogP contribution is -2.31. The third-order valence-corrected chi connectivity index (χ3v) is 7.50. The van der Waals surface area contributed by atoms with E-state index in [4.69, 9.17) is 14.5 Å². The molecule has 0 aliphatic carbocycles. The number of imidazole rings is 1. The average Bonchev–Trinajstić information content (AvgIpc) is 3.70. The van der Waals surface area contributed by atoms with Crippen molar-refractivity contribution in [2.75, 3.05) is 24.9 Å². The Morgan fingerprint density at radius 3 is 2.62 bits per heavy atom. The van der Waals surface area contributed by atoms with Crippen molar-refractivity contribution in [1.29, 1.82) is 0 Å². The predicted octanol–water partition coefficient (Wildman–Crippen LogP) is 4.25. The summed E-state index contributed by atoms with van der Waals surface area (Å²) >= 11 is 0. The number of aryl methyl sites for hydroxylation is 2. The van der Waals surface area contributed by atoms with Gasteiger partial charge in [0.25, 0.3) is 0 Å². The molecule has 4 N–H and O–H groups in total. The number of nitrogens with zero attached hydrogens (tertiary/aromatic N) is 5. The van der Waals surface area contributed by atoms with Gasteiger partial charge in [-0.2, -0.15) is 4.68 Å². The first kappa shape index (κ1) is 30.9. The van der Waals surface area contributed by atoms with Gasteiger partial charge < -0.3 is 25.1 Å². The standard InChI is InChI=1S/C31H35N9O5/c1-18-9-13-26(40-17-32-38-39-40)20(15-18)10-14-27(41)36-23-7-5-6-8-24(30(42)44-3)35-25-16-21(34-31(43)45-4)11-12-22(25)28-19(2)33-29(23)37-28/h9-17,23-24,35H,5-8H2,1-4H3,(H,33,37)(H,34,43)(H,36,41)/b14-10+/t23-,24+/m0/s1. The van der Waals surface area contributed by atoms with Crippen LogP contribution in [0, 0.1) is 13.8 Å². The van der Waals surface area contributed by atoms with Crippen molar-refractivity contribution in [3.05, 3.63) is 71.4 Å². The van der Waals surface area contributed by atoms with Gasteiger partial charge in [0.1, 0.15) is 18.2 Å². The normalized spacial score (nSPS) is 16.4. The van der Waals surface area contributed by atoms with Crippen LogP contribution in [0.15, 0.2) is 48.8 Å². The number of benzene rings is 2. The molecule has 0 spiro atoms. The third-order valence-electron chi connectivity index (χ3n) is 7.50. The molecule has 234 valence electrons. The quantitative estimate of drug-likeness (QED) is 0.182. The van der Waals surface area contributed by atoms with Gasteiger partial charge in [-0.05, 0) is 73.5 Å². The monoisotopic (exact) mass is 613 g/mol. The van der Waals surface area contributed by atoms with Crippen LogP contribution in [0.2, 0.25) is 0 Å². The first-order valence-corrected chi connectivity index (χ1v) is 14.5. The highest BCUT2D eigenvalue weighted by Gasteiger charge is 2.26. The van der Waals surface area contributed by atoms with Gasteiger partial charge in [0, 0.05) is 34.3 Å². The molecule has 1 aliphatic heterocycles. The minimum atomic E-state index is -0.639. The maximum atomic E-state index is 13.3. The van der Waals surface area contributed by atoms with E-state index in [2.05, 4.69) is 36.5 Å². The second-order valence-corrected chi connectivity index (χ2v) is 10.7. The molecule has 14 heteroatoms. The van der Waals surface area contributed by atoms with Crippen LogP contribution in [0.4, 0.5) is 16.2 Å². The number of tetrazole rings is 1. The Labute approximate surface area is 259 Å². The van der Waals surface area contributed by atoms with E-state index >= 15 is 0 Å². The first-order chi connectivity index (χ1) is 21.7. The predicted molar refractivity (Wildman–Crippen MR) is 166 cm³/mol. The van der Waals surface area contributed by atoms with Gasteiger partial charge in [0.05, 0.1) is 31.6 Å². The van der Waals surface area contributed by atoms with Crippen LogP contribution in [0.25, 0.3) is 23.0 Å². The van der Waals surface area contributed by atoms with Crippen LogP contribution in [-0.2, 0) is 19.1 Å². The fourth-order valence-corrected chi connectivity index (χ4v) is 5.25. The Balaban J connectivity index is 1.45. The Morgan fingerprint density at radius 2 is 1.87 bits per heavy atom. The van der Waals surface area contributed by atoms with Crippen LogP contribution >= 0.6 is 0 Å². The van der Waals surface area contributed by atoms with E-state index in [0.717, 1.165) is 22.5 Å². The molecule has 0 saturated heterocycles. The molecular formula is C31H35N9O5. The number of methoxy groups -OCH3 is 2. The van der Waals surface area contributed by atoms with E-state index in [0.29, 0.717) is 54.1 Å². The summed E-state index contributed by atoms with van der Waals surface area (Å²) in [5, 5.41) is 20.5. The SMILES string of the molecule is COC(=O)Nc1ccc2c(c1)N[C@@H](C(=O)OC)CCCC[C@H](NC(=O)/C=C/c1cc(C)ccc1-n1cnnn1)c1nc-2c(C)[nH]1. The number of nitrogens with one attached hydrogen (secondary N) is 4. The van der Waals surface area contributed by atoms with E-state index in [1.165, 1.54) is 26.6 Å². The number of hydrogen-bond acceptors (Lipinski definition) is 10. The zero-order valence-electron chi connectivity index (χ0n) is 25.5. The summed E-state index contributed by atoms with van der Waals surface area (Å²) in [6.07, 6.45) is 6.56. The van der Waals surface area contributed by atoms with E-state index in [9.17, 15) is 14.4 Å².